The van der Waals surface area contributed by atoms with Crippen LogP contribution in [0.1, 0.15) is 15.9 Å². The molecule has 3 aromatic carbocycles. The van der Waals surface area contributed by atoms with Crippen LogP contribution in [-0.2, 0) is 5.75 Å². The molecule has 0 bridgehead atoms. The van der Waals surface area contributed by atoms with Gasteiger partial charge in [0.25, 0.3) is 11.6 Å². The van der Waals surface area contributed by atoms with Crippen molar-refractivity contribution in [3.05, 3.63) is 94.0 Å². The Balaban J connectivity index is 1.45. The number of non-ortho nitro benzene ring substituents is 1. The van der Waals surface area contributed by atoms with Crippen molar-refractivity contribution in [2.45, 2.75) is 10.1 Å². The molecule has 0 spiro atoms. The van der Waals surface area contributed by atoms with Gasteiger partial charge < -0.3 is 5.32 Å². The number of amides is 1. The first kappa shape index (κ1) is 19.1. The van der Waals surface area contributed by atoms with Crippen molar-refractivity contribution in [3.8, 4) is 0 Å². The van der Waals surface area contributed by atoms with Gasteiger partial charge in [-0.3, -0.25) is 14.9 Å². The van der Waals surface area contributed by atoms with Crippen molar-refractivity contribution < 1.29 is 9.72 Å². The Kier molecular flexibility index (Phi) is 5.55. The Morgan fingerprint density at radius 3 is 2.55 bits per heavy atom. The zero-order valence-corrected chi connectivity index (χ0v) is 16.7. The third kappa shape index (κ3) is 4.61. The van der Waals surface area contributed by atoms with E-state index in [-0.39, 0.29) is 11.6 Å². The van der Waals surface area contributed by atoms with E-state index >= 15 is 0 Å². The summed E-state index contributed by atoms with van der Waals surface area (Å²) in [4.78, 5) is 27.3. The van der Waals surface area contributed by atoms with E-state index in [4.69, 9.17) is 0 Å². The SMILES string of the molecule is O=C(Nc1ccc2nc(SCc3ccccc3)sc2c1)c1ccc([N+](=O)[O-])cc1. The maximum absolute atomic E-state index is 12.4. The van der Waals surface area contributed by atoms with E-state index < -0.39 is 4.92 Å². The topological polar surface area (TPSA) is 85.1 Å². The number of thioether (sulfide) groups is 1. The van der Waals surface area contributed by atoms with Gasteiger partial charge in [0.1, 0.15) is 0 Å². The maximum atomic E-state index is 12.4. The minimum absolute atomic E-state index is 0.0480. The molecule has 0 atom stereocenters. The van der Waals surface area contributed by atoms with Gasteiger partial charge in [-0.1, -0.05) is 42.1 Å². The fraction of sp³-hybridized carbons (Fsp3) is 0.0476. The van der Waals surface area contributed by atoms with Gasteiger partial charge in [-0.25, -0.2) is 4.98 Å². The van der Waals surface area contributed by atoms with Crippen LogP contribution in [0.25, 0.3) is 10.2 Å². The number of nitrogens with one attached hydrogen (secondary N) is 1. The highest BCUT2D eigenvalue weighted by Crippen LogP contribution is 2.33. The average Bonchev–Trinajstić information content (AvgIpc) is 3.15. The summed E-state index contributed by atoms with van der Waals surface area (Å²) in [5.41, 5.74) is 3.10. The lowest BCUT2D eigenvalue weighted by molar-refractivity contribution is -0.384. The maximum Gasteiger partial charge on any atom is 0.269 e. The number of aromatic nitrogens is 1. The average molecular weight is 422 g/mol. The van der Waals surface area contributed by atoms with Gasteiger partial charge in [0, 0.05) is 29.1 Å². The van der Waals surface area contributed by atoms with Crippen LogP contribution in [0.4, 0.5) is 11.4 Å². The predicted molar refractivity (Wildman–Crippen MR) is 117 cm³/mol. The number of benzene rings is 3. The molecule has 1 aromatic heterocycles. The molecule has 1 N–H and O–H groups in total. The zero-order chi connectivity index (χ0) is 20.2. The van der Waals surface area contributed by atoms with E-state index in [1.807, 2.05) is 30.3 Å². The molecule has 0 fully saturated rings. The van der Waals surface area contributed by atoms with E-state index in [9.17, 15) is 14.9 Å². The molecule has 0 unspecified atom stereocenters. The zero-order valence-electron chi connectivity index (χ0n) is 15.1. The minimum Gasteiger partial charge on any atom is -0.322 e. The van der Waals surface area contributed by atoms with Crippen LogP contribution < -0.4 is 5.32 Å². The summed E-state index contributed by atoms with van der Waals surface area (Å²) in [5, 5.41) is 13.6. The lowest BCUT2D eigenvalue weighted by Gasteiger charge is -2.05. The lowest BCUT2D eigenvalue weighted by Crippen LogP contribution is -2.11. The molecule has 0 aliphatic heterocycles. The molecular formula is C21H15N3O3S2. The molecule has 1 heterocycles. The molecule has 0 aliphatic carbocycles. The van der Waals surface area contributed by atoms with Gasteiger partial charge in [0.15, 0.2) is 4.34 Å². The summed E-state index contributed by atoms with van der Waals surface area (Å²) in [6.45, 7) is 0. The normalized spacial score (nSPS) is 10.8. The number of nitro groups is 1. The molecule has 0 saturated carbocycles. The number of hydrogen-bond donors (Lipinski definition) is 1. The summed E-state index contributed by atoms with van der Waals surface area (Å²) in [6.07, 6.45) is 0. The fourth-order valence-electron chi connectivity index (χ4n) is 2.70. The molecule has 144 valence electrons. The number of anilines is 1. The standard InChI is InChI=1S/C21H15N3O3S2/c25-20(15-6-9-17(10-7-15)24(26)27)22-16-8-11-18-19(12-16)29-21(23-18)28-13-14-4-2-1-3-5-14/h1-12H,13H2,(H,22,25). The number of nitrogens with zero attached hydrogens (tertiary/aromatic N) is 2. The number of rotatable bonds is 6. The fourth-order valence-corrected chi connectivity index (χ4v) is 4.76. The number of hydrogen-bond acceptors (Lipinski definition) is 6. The van der Waals surface area contributed by atoms with Crippen LogP contribution in [0.15, 0.2) is 77.1 Å². The Hall–Kier alpha value is -3.23. The Morgan fingerprint density at radius 1 is 1.07 bits per heavy atom. The summed E-state index contributed by atoms with van der Waals surface area (Å²) in [7, 11) is 0. The van der Waals surface area contributed by atoms with Crippen molar-refractivity contribution >= 4 is 50.6 Å². The highest BCUT2D eigenvalue weighted by Gasteiger charge is 2.11. The summed E-state index contributed by atoms with van der Waals surface area (Å²) in [5.74, 6) is 0.534. The van der Waals surface area contributed by atoms with Crippen LogP contribution in [0.2, 0.25) is 0 Å². The van der Waals surface area contributed by atoms with Crippen molar-refractivity contribution in [1.29, 1.82) is 0 Å². The molecule has 0 saturated heterocycles. The molecule has 29 heavy (non-hydrogen) atoms. The highest BCUT2D eigenvalue weighted by atomic mass is 32.2. The van der Waals surface area contributed by atoms with Crippen LogP contribution in [0.5, 0.6) is 0 Å². The predicted octanol–water partition coefficient (Wildman–Crippen LogP) is 5.75. The number of carbonyl (C=O) groups excluding carboxylic acids is 1. The lowest BCUT2D eigenvalue weighted by atomic mass is 10.2. The van der Waals surface area contributed by atoms with Crippen LogP contribution >= 0.6 is 23.1 Å². The van der Waals surface area contributed by atoms with Gasteiger partial charge in [0.2, 0.25) is 0 Å². The van der Waals surface area contributed by atoms with E-state index in [1.165, 1.54) is 29.8 Å². The van der Waals surface area contributed by atoms with Crippen LogP contribution in [0, 0.1) is 10.1 Å². The second-order valence-corrected chi connectivity index (χ2v) is 8.45. The molecule has 6 nitrogen and oxygen atoms in total. The van der Waals surface area contributed by atoms with E-state index in [0.717, 1.165) is 20.3 Å². The van der Waals surface area contributed by atoms with Crippen molar-refractivity contribution in [2.75, 3.05) is 5.32 Å². The summed E-state index contributed by atoms with van der Waals surface area (Å²) in [6, 6.07) is 21.3. The molecule has 0 aliphatic rings. The van der Waals surface area contributed by atoms with Gasteiger partial charge >= 0.3 is 0 Å². The molecule has 8 heteroatoms. The number of carbonyl (C=O) groups is 1. The van der Waals surface area contributed by atoms with Crippen molar-refractivity contribution in [3.63, 3.8) is 0 Å². The third-order valence-corrected chi connectivity index (χ3v) is 6.40. The Bertz CT molecular complexity index is 1170. The van der Waals surface area contributed by atoms with E-state index in [2.05, 4.69) is 22.4 Å². The smallest absolute Gasteiger partial charge is 0.269 e. The quantitative estimate of drug-likeness (QED) is 0.243. The second kappa shape index (κ2) is 8.42. The highest BCUT2D eigenvalue weighted by molar-refractivity contribution is 8.00. The minimum atomic E-state index is -0.493. The first-order valence-electron chi connectivity index (χ1n) is 8.71. The third-order valence-electron chi connectivity index (χ3n) is 4.17. The van der Waals surface area contributed by atoms with Crippen molar-refractivity contribution in [1.82, 2.24) is 4.98 Å². The van der Waals surface area contributed by atoms with Gasteiger partial charge in [-0.05, 0) is 35.9 Å². The van der Waals surface area contributed by atoms with Gasteiger partial charge in [-0.15, -0.1) is 11.3 Å². The summed E-state index contributed by atoms with van der Waals surface area (Å²) >= 11 is 3.27. The van der Waals surface area contributed by atoms with Crippen LogP contribution in [-0.4, -0.2) is 15.8 Å². The molecular weight excluding hydrogens is 406 g/mol. The van der Waals surface area contributed by atoms with E-state index in [0.29, 0.717) is 11.3 Å². The largest absolute Gasteiger partial charge is 0.322 e. The van der Waals surface area contributed by atoms with Crippen molar-refractivity contribution in [2.24, 2.45) is 0 Å². The number of thiazole rings is 1. The second-order valence-electron chi connectivity index (χ2n) is 6.19. The Labute approximate surface area is 174 Å². The molecule has 1 amide bonds. The van der Waals surface area contributed by atoms with Gasteiger partial charge in [-0.2, -0.15) is 0 Å². The van der Waals surface area contributed by atoms with E-state index in [1.54, 1.807) is 29.2 Å². The molecule has 4 rings (SSSR count). The number of fused-ring (bicyclic) bond motifs is 1. The van der Waals surface area contributed by atoms with Gasteiger partial charge in [0.05, 0.1) is 15.1 Å². The molecule has 4 aromatic rings. The van der Waals surface area contributed by atoms with Crippen LogP contribution in [0.3, 0.4) is 0 Å². The first-order chi connectivity index (χ1) is 14.1. The Morgan fingerprint density at radius 2 is 1.83 bits per heavy atom. The molecule has 0 radical (unpaired) electrons. The monoisotopic (exact) mass is 421 g/mol. The summed E-state index contributed by atoms with van der Waals surface area (Å²) < 4.78 is 1.96. The number of nitro benzene ring substituents is 1. The first-order valence-corrected chi connectivity index (χ1v) is 10.5.